The molecule has 2 heterocycles. The normalized spacial score (nSPS) is 18.9. The molecule has 0 aliphatic carbocycles. The van der Waals surface area contributed by atoms with Gasteiger partial charge in [0.1, 0.15) is 5.82 Å². The lowest BCUT2D eigenvalue weighted by molar-refractivity contribution is -0.137. The number of rotatable bonds is 1. The van der Waals surface area contributed by atoms with Gasteiger partial charge in [-0.15, -0.1) is 0 Å². The van der Waals surface area contributed by atoms with Gasteiger partial charge in [-0.05, 0) is 24.8 Å². The molecule has 20 heavy (non-hydrogen) atoms. The third kappa shape index (κ3) is 2.11. The Morgan fingerprint density at radius 2 is 2.00 bits per heavy atom. The van der Waals surface area contributed by atoms with Gasteiger partial charge in [-0.25, -0.2) is 4.98 Å². The van der Waals surface area contributed by atoms with Gasteiger partial charge < -0.3 is 4.57 Å². The number of alkyl halides is 3. The van der Waals surface area contributed by atoms with Crippen molar-refractivity contribution in [2.24, 2.45) is 0 Å². The quantitative estimate of drug-likeness (QED) is 0.753. The summed E-state index contributed by atoms with van der Waals surface area (Å²) in [5.74, 6) is 0.780. The Kier molecular flexibility index (Phi) is 3.07. The summed E-state index contributed by atoms with van der Waals surface area (Å²) >= 11 is 0. The monoisotopic (exact) mass is 280 g/mol. The summed E-state index contributed by atoms with van der Waals surface area (Å²) < 4.78 is 41.3. The maximum Gasteiger partial charge on any atom is 0.417 e. The third-order valence-electron chi connectivity index (χ3n) is 3.88. The van der Waals surface area contributed by atoms with E-state index in [1.165, 1.54) is 12.1 Å². The molecule has 106 valence electrons. The zero-order chi connectivity index (χ0) is 14.3. The molecule has 0 bridgehead atoms. The summed E-state index contributed by atoms with van der Waals surface area (Å²) in [6.45, 7) is 2.83. The fraction of sp³-hybridized carbons (Fsp3) is 0.400. The van der Waals surface area contributed by atoms with Crippen LogP contribution in [0.3, 0.4) is 0 Å². The van der Waals surface area contributed by atoms with E-state index in [9.17, 15) is 13.2 Å². The van der Waals surface area contributed by atoms with E-state index in [0.29, 0.717) is 11.7 Å². The SMILES string of the molecule is CC1CCCn2c1cnc2-c1ccccc1C(F)(F)F. The Morgan fingerprint density at radius 1 is 1.25 bits per heavy atom. The van der Waals surface area contributed by atoms with Crippen LogP contribution in [0.1, 0.15) is 36.9 Å². The van der Waals surface area contributed by atoms with E-state index in [1.54, 1.807) is 12.3 Å². The minimum atomic E-state index is -4.36. The molecule has 2 aromatic rings. The Balaban J connectivity index is 2.16. The van der Waals surface area contributed by atoms with Crippen LogP contribution in [0.5, 0.6) is 0 Å². The van der Waals surface area contributed by atoms with E-state index in [1.807, 2.05) is 4.57 Å². The van der Waals surface area contributed by atoms with E-state index in [2.05, 4.69) is 11.9 Å². The summed E-state index contributed by atoms with van der Waals surface area (Å²) in [5.41, 5.74) is 0.579. The van der Waals surface area contributed by atoms with Gasteiger partial charge in [0, 0.05) is 24.0 Å². The molecule has 1 aromatic heterocycles. The first kappa shape index (κ1) is 13.2. The standard InChI is InChI=1S/C15H15F3N2/c1-10-5-4-8-20-13(10)9-19-14(20)11-6-2-3-7-12(11)15(16,17)18/h2-3,6-7,9-10H,4-5,8H2,1H3. The molecule has 1 aliphatic rings. The van der Waals surface area contributed by atoms with Gasteiger partial charge >= 0.3 is 6.18 Å². The number of hydrogen-bond acceptors (Lipinski definition) is 1. The van der Waals surface area contributed by atoms with Crippen molar-refractivity contribution in [3.8, 4) is 11.4 Å². The molecule has 1 aromatic carbocycles. The van der Waals surface area contributed by atoms with Crippen LogP contribution >= 0.6 is 0 Å². The van der Waals surface area contributed by atoms with Gasteiger partial charge in [0.2, 0.25) is 0 Å². The average Bonchev–Trinajstić information content (AvgIpc) is 2.83. The Hall–Kier alpha value is -1.78. The zero-order valence-electron chi connectivity index (χ0n) is 11.1. The average molecular weight is 280 g/mol. The van der Waals surface area contributed by atoms with E-state index in [4.69, 9.17) is 0 Å². The highest BCUT2D eigenvalue weighted by Crippen LogP contribution is 2.38. The second kappa shape index (κ2) is 4.65. The maximum atomic E-state index is 13.1. The van der Waals surface area contributed by atoms with Crippen molar-refractivity contribution in [2.75, 3.05) is 0 Å². The molecule has 2 nitrogen and oxygen atoms in total. The minimum Gasteiger partial charge on any atom is -0.328 e. The highest BCUT2D eigenvalue weighted by atomic mass is 19.4. The lowest BCUT2D eigenvalue weighted by atomic mass is 9.98. The summed E-state index contributed by atoms with van der Waals surface area (Å²) in [6, 6.07) is 5.65. The van der Waals surface area contributed by atoms with E-state index < -0.39 is 11.7 Å². The van der Waals surface area contributed by atoms with Crippen LogP contribution in [-0.2, 0) is 12.7 Å². The second-order valence-electron chi connectivity index (χ2n) is 5.24. The largest absolute Gasteiger partial charge is 0.417 e. The van der Waals surface area contributed by atoms with Crippen LogP contribution < -0.4 is 0 Å². The van der Waals surface area contributed by atoms with Gasteiger partial charge in [0.15, 0.2) is 0 Å². The van der Waals surface area contributed by atoms with Crippen molar-refractivity contribution < 1.29 is 13.2 Å². The highest BCUT2D eigenvalue weighted by molar-refractivity contribution is 5.62. The molecule has 0 N–H and O–H groups in total. The molecule has 0 saturated carbocycles. The fourth-order valence-electron chi connectivity index (χ4n) is 2.86. The molecular weight excluding hydrogens is 265 g/mol. The fourth-order valence-corrected chi connectivity index (χ4v) is 2.86. The first-order chi connectivity index (χ1) is 9.48. The lowest BCUT2D eigenvalue weighted by Gasteiger charge is -2.23. The van der Waals surface area contributed by atoms with Gasteiger partial charge in [-0.3, -0.25) is 0 Å². The van der Waals surface area contributed by atoms with Gasteiger partial charge in [-0.2, -0.15) is 13.2 Å². The predicted molar refractivity (Wildman–Crippen MR) is 70.3 cm³/mol. The molecule has 0 spiro atoms. The topological polar surface area (TPSA) is 17.8 Å². The third-order valence-corrected chi connectivity index (χ3v) is 3.88. The van der Waals surface area contributed by atoms with Crippen molar-refractivity contribution in [3.05, 3.63) is 41.7 Å². The summed E-state index contributed by atoms with van der Waals surface area (Å²) in [6.07, 6.45) is -0.604. The molecule has 5 heteroatoms. The van der Waals surface area contributed by atoms with Crippen molar-refractivity contribution >= 4 is 0 Å². The van der Waals surface area contributed by atoms with Crippen LogP contribution in [-0.4, -0.2) is 9.55 Å². The number of nitrogens with zero attached hydrogens (tertiary/aromatic N) is 2. The van der Waals surface area contributed by atoms with Crippen LogP contribution in [0.4, 0.5) is 13.2 Å². The Bertz CT molecular complexity index is 628. The molecule has 1 atom stereocenters. The number of benzene rings is 1. The summed E-state index contributed by atoms with van der Waals surface area (Å²) in [4.78, 5) is 4.26. The van der Waals surface area contributed by atoms with Crippen LogP contribution in [0.25, 0.3) is 11.4 Å². The van der Waals surface area contributed by atoms with Crippen LogP contribution in [0.2, 0.25) is 0 Å². The number of aromatic nitrogens is 2. The second-order valence-corrected chi connectivity index (χ2v) is 5.24. The molecule has 1 unspecified atom stereocenters. The number of imidazole rings is 1. The first-order valence-electron chi connectivity index (χ1n) is 6.70. The number of halogens is 3. The molecule has 0 fully saturated rings. The first-order valence-corrected chi connectivity index (χ1v) is 6.70. The number of fused-ring (bicyclic) bond motifs is 1. The maximum absolute atomic E-state index is 13.1. The zero-order valence-corrected chi connectivity index (χ0v) is 11.1. The molecule has 0 saturated heterocycles. The molecule has 0 radical (unpaired) electrons. The van der Waals surface area contributed by atoms with Crippen molar-refractivity contribution in [1.29, 1.82) is 0 Å². The van der Waals surface area contributed by atoms with Crippen LogP contribution in [0.15, 0.2) is 30.5 Å². The minimum absolute atomic E-state index is 0.167. The van der Waals surface area contributed by atoms with Crippen molar-refractivity contribution in [1.82, 2.24) is 9.55 Å². The predicted octanol–water partition coefficient (Wildman–Crippen LogP) is 4.47. The van der Waals surface area contributed by atoms with Gasteiger partial charge in [0.25, 0.3) is 0 Å². The van der Waals surface area contributed by atoms with Gasteiger partial charge in [0.05, 0.1) is 5.56 Å². The molecule has 0 amide bonds. The van der Waals surface area contributed by atoms with Crippen LogP contribution in [0, 0.1) is 0 Å². The summed E-state index contributed by atoms with van der Waals surface area (Å²) in [5, 5.41) is 0. The van der Waals surface area contributed by atoms with E-state index in [0.717, 1.165) is 31.1 Å². The molecule has 3 rings (SSSR count). The molecule has 1 aliphatic heterocycles. The van der Waals surface area contributed by atoms with E-state index >= 15 is 0 Å². The van der Waals surface area contributed by atoms with E-state index in [-0.39, 0.29) is 5.56 Å². The Labute approximate surface area is 115 Å². The van der Waals surface area contributed by atoms with Gasteiger partial charge in [-0.1, -0.05) is 25.1 Å². The Morgan fingerprint density at radius 3 is 2.75 bits per heavy atom. The smallest absolute Gasteiger partial charge is 0.328 e. The lowest BCUT2D eigenvalue weighted by Crippen LogP contribution is -2.15. The van der Waals surface area contributed by atoms with Crippen molar-refractivity contribution in [2.45, 2.75) is 38.4 Å². The summed E-state index contributed by atoms with van der Waals surface area (Å²) in [7, 11) is 0. The van der Waals surface area contributed by atoms with Crippen molar-refractivity contribution in [3.63, 3.8) is 0 Å². The highest BCUT2D eigenvalue weighted by Gasteiger charge is 2.35. The molecular formula is C15H15F3N2. The number of hydrogen-bond donors (Lipinski definition) is 0.